The van der Waals surface area contributed by atoms with Crippen molar-refractivity contribution in [2.24, 2.45) is 0 Å². The Hall–Kier alpha value is -1.06. The van der Waals surface area contributed by atoms with Crippen LogP contribution in [0, 0.1) is 0 Å². The molecule has 0 aliphatic carbocycles. The van der Waals surface area contributed by atoms with Gasteiger partial charge in [0.15, 0.2) is 0 Å². The number of carbonyl (C=O) groups excluding carboxylic acids is 1. The van der Waals surface area contributed by atoms with E-state index in [4.69, 9.17) is 16.7 Å². The van der Waals surface area contributed by atoms with Crippen molar-refractivity contribution in [2.75, 3.05) is 18.1 Å². The van der Waals surface area contributed by atoms with Gasteiger partial charge in [-0.15, -0.1) is 0 Å². The van der Waals surface area contributed by atoms with E-state index in [1.165, 1.54) is 0 Å². The van der Waals surface area contributed by atoms with Gasteiger partial charge in [-0.3, -0.25) is 4.79 Å². The van der Waals surface area contributed by atoms with Crippen LogP contribution >= 0.6 is 11.6 Å². The highest BCUT2D eigenvalue weighted by Crippen LogP contribution is 2.30. The summed E-state index contributed by atoms with van der Waals surface area (Å²) in [4.78, 5) is 12.9. The van der Waals surface area contributed by atoms with Crippen LogP contribution in [0.1, 0.15) is 5.56 Å². The van der Waals surface area contributed by atoms with E-state index in [0.29, 0.717) is 11.6 Å². The van der Waals surface area contributed by atoms with E-state index < -0.39 is 6.61 Å². The third kappa shape index (κ3) is 1.49. The zero-order valence-corrected chi connectivity index (χ0v) is 8.29. The van der Waals surface area contributed by atoms with E-state index in [-0.39, 0.29) is 5.91 Å². The predicted molar refractivity (Wildman–Crippen MR) is 54.6 cm³/mol. The van der Waals surface area contributed by atoms with Gasteiger partial charge in [-0.2, -0.15) is 0 Å². The molecule has 0 spiro atoms. The monoisotopic (exact) mass is 211 g/mol. The summed E-state index contributed by atoms with van der Waals surface area (Å²) in [5.41, 5.74) is 1.94. The van der Waals surface area contributed by atoms with Gasteiger partial charge in [-0.05, 0) is 24.1 Å². The first-order valence-electron chi connectivity index (χ1n) is 4.42. The Balaban J connectivity index is 2.38. The summed E-state index contributed by atoms with van der Waals surface area (Å²) in [6.45, 7) is 0.182. The molecule has 1 heterocycles. The summed E-state index contributed by atoms with van der Waals surface area (Å²) in [6, 6.07) is 5.49. The van der Waals surface area contributed by atoms with Crippen LogP contribution in [-0.2, 0) is 11.2 Å². The number of aliphatic hydroxyl groups is 1. The molecule has 1 aliphatic heterocycles. The highest BCUT2D eigenvalue weighted by molar-refractivity contribution is 6.31. The lowest BCUT2D eigenvalue weighted by atomic mass is 10.2. The number of benzene rings is 1. The lowest BCUT2D eigenvalue weighted by Gasteiger charge is -2.15. The zero-order valence-electron chi connectivity index (χ0n) is 7.53. The van der Waals surface area contributed by atoms with Crippen LogP contribution in [0.15, 0.2) is 18.2 Å². The number of hydrogen-bond donors (Lipinski definition) is 1. The minimum Gasteiger partial charge on any atom is -0.387 e. The topological polar surface area (TPSA) is 40.5 Å². The average molecular weight is 212 g/mol. The molecule has 0 unspecified atom stereocenters. The van der Waals surface area contributed by atoms with Crippen LogP contribution in [0.3, 0.4) is 0 Å². The first-order chi connectivity index (χ1) is 6.72. The first kappa shape index (κ1) is 9.49. The molecule has 14 heavy (non-hydrogen) atoms. The molecule has 1 N–H and O–H groups in total. The lowest BCUT2D eigenvalue weighted by molar-refractivity contribution is -0.121. The Labute approximate surface area is 86.9 Å². The highest BCUT2D eigenvalue weighted by atomic mass is 35.5. The number of anilines is 1. The molecule has 1 amide bonds. The van der Waals surface area contributed by atoms with Crippen molar-refractivity contribution in [3.63, 3.8) is 0 Å². The van der Waals surface area contributed by atoms with Crippen LogP contribution < -0.4 is 4.90 Å². The van der Waals surface area contributed by atoms with E-state index in [0.717, 1.165) is 17.7 Å². The lowest BCUT2D eigenvalue weighted by Crippen LogP contribution is -2.31. The Morgan fingerprint density at radius 3 is 3.07 bits per heavy atom. The Bertz CT molecular complexity index is 378. The fourth-order valence-corrected chi connectivity index (χ4v) is 1.86. The molecule has 1 aliphatic rings. The van der Waals surface area contributed by atoms with Crippen molar-refractivity contribution in [2.45, 2.75) is 6.42 Å². The van der Waals surface area contributed by atoms with Crippen LogP contribution in [0.25, 0.3) is 0 Å². The minimum atomic E-state index is -0.452. The first-order valence-corrected chi connectivity index (χ1v) is 4.80. The molecule has 1 aromatic rings. The second-order valence-electron chi connectivity index (χ2n) is 3.23. The molecule has 74 valence electrons. The van der Waals surface area contributed by atoms with Crippen molar-refractivity contribution in [3.8, 4) is 0 Å². The molecule has 0 aromatic heterocycles. The largest absolute Gasteiger partial charge is 0.387 e. The summed E-state index contributed by atoms with van der Waals surface area (Å²) in [5, 5.41) is 9.38. The number of aliphatic hydroxyl groups excluding tert-OH is 1. The molecular weight excluding hydrogens is 202 g/mol. The number of rotatable bonds is 1. The van der Waals surface area contributed by atoms with Crippen molar-refractivity contribution in [1.29, 1.82) is 0 Å². The maximum atomic E-state index is 11.3. The molecule has 2 rings (SSSR count). The van der Waals surface area contributed by atoms with E-state index >= 15 is 0 Å². The number of amides is 1. The molecule has 0 radical (unpaired) electrons. The third-order valence-corrected chi connectivity index (χ3v) is 2.61. The summed E-state index contributed by atoms with van der Waals surface area (Å²) in [5.74, 6) is -0.272. The summed E-state index contributed by atoms with van der Waals surface area (Å²) in [6.07, 6.45) is 0.832. The standard InChI is InChI=1S/C10H10ClNO2/c11-8-2-1-7-3-4-12(9(7)5-8)10(14)6-13/h1-2,5,13H,3-4,6H2. The van der Waals surface area contributed by atoms with E-state index in [2.05, 4.69) is 0 Å². The fourth-order valence-electron chi connectivity index (χ4n) is 1.70. The summed E-state index contributed by atoms with van der Waals surface area (Å²) in [7, 11) is 0. The van der Waals surface area contributed by atoms with Gasteiger partial charge in [0.1, 0.15) is 6.61 Å². The Kier molecular flexibility index (Phi) is 2.44. The number of hydrogen-bond acceptors (Lipinski definition) is 2. The van der Waals surface area contributed by atoms with Gasteiger partial charge in [0.05, 0.1) is 0 Å². The van der Waals surface area contributed by atoms with Gasteiger partial charge < -0.3 is 10.0 Å². The molecule has 1 aromatic carbocycles. The predicted octanol–water partition coefficient (Wildman–Crippen LogP) is 1.22. The average Bonchev–Trinajstić information content (AvgIpc) is 2.59. The van der Waals surface area contributed by atoms with E-state index in [9.17, 15) is 4.79 Å². The van der Waals surface area contributed by atoms with Gasteiger partial charge in [-0.25, -0.2) is 0 Å². The minimum absolute atomic E-state index is 0.272. The smallest absolute Gasteiger partial charge is 0.252 e. The Morgan fingerprint density at radius 2 is 2.36 bits per heavy atom. The number of halogens is 1. The maximum absolute atomic E-state index is 11.3. The molecular formula is C10H10ClNO2. The molecule has 4 heteroatoms. The normalized spacial score (nSPS) is 14.3. The maximum Gasteiger partial charge on any atom is 0.252 e. The van der Waals surface area contributed by atoms with Crippen LogP contribution in [0.2, 0.25) is 5.02 Å². The van der Waals surface area contributed by atoms with Gasteiger partial charge in [-0.1, -0.05) is 17.7 Å². The fraction of sp³-hybridized carbons (Fsp3) is 0.300. The van der Waals surface area contributed by atoms with E-state index in [1.54, 1.807) is 11.0 Å². The second kappa shape index (κ2) is 3.59. The van der Waals surface area contributed by atoms with Crippen LogP contribution in [0.4, 0.5) is 5.69 Å². The van der Waals surface area contributed by atoms with Crippen molar-refractivity contribution >= 4 is 23.2 Å². The zero-order chi connectivity index (χ0) is 10.1. The molecule has 0 fully saturated rings. The van der Waals surface area contributed by atoms with Gasteiger partial charge >= 0.3 is 0 Å². The molecule has 0 saturated carbocycles. The summed E-state index contributed by atoms with van der Waals surface area (Å²) < 4.78 is 0. The third-order valence-electron chi connectivity index (χ3n) is 2.38. The number of nitrogens with zero attached hydrogens (tertiary/aromatic N) is 1. The van der Waals surface area contributed by atoms with Gasteiger partial charge in [0.2, 0.25) is 0 Å². The van der Waals surface area contributed by atoms with Gasteiger partial charge in [0.25, 0.3) is 5.91 Å². The summed E-state index contributed by atoms with van der Waals surface area (Å²) >= 11 is 5.84. The Morgan fingerprint density at radius 1 is 1.57 bits per heavy atom. The molecule has 3 nitrogen and oxygen atoms in total. The van der Waals surface area contributed by atoms with Crippen LogP contribution in [-0.4, -0.2) is 24.2 Å². The SMILES string of the molecule is O=C(CO)N1CCc2ccc(Cl)cc21. The van der Waals surface area contributed by atoms with E-state index in [1.807, 2.05) is 12.1 Å². The molecule has 0 atom stereocenters. The molecule has 0 saturated heterocycles. The quantitative estimate of drug-likeness (QED) is 0.759. The van der Waals surface area contributed by atoms with Crippen molar-refractivity contribution in [1.82, 2.24) is 0 Å². The van der Waals surface area contributed by atoms with Crippen molar-refractivity contribution in [3.05, 3.63) is 28.8 Å². The highest BCUT2D eigenvalue weighted by Gasteiger charge is 2.23. The van der Waals surface area contributed by atoms with Crippen LogP contribution in [0.5, 0.6) is 0 Å². The molecule has 0 bridgehead atoms. The van der Waals surface area contributed by atoms with Crippen molar-refractivity contribution < 1.29 is 9.90 Å². The van der Waals surface area contributed by atoms with Gasteiger partial charge in [0, 0.05) is 17.3 Å². The number of fused-ring (bicyclic) bond motifs is 1. The number of carbonyl (C=O) groups is 1. The second-order valence-corrected chi connectivity index (χ2v) is 3.66.